The molecule has 4 N–H and O–H groups in total. The first-order valence-corrected chi connectivity index (χ1v) is 28.2. The largest absolute Gasteiger partial charge is 0.507 e. The van der Waals surface area contributed by atoms with Crippen LogP contribution in [-0.4, -0.2) is 32.4 Å². The molecule has 5 rings (SSSR count). The number of carbonyl (C=O) groups excluding carboxylic acids is 2. The van der Waals surface area contributed by atoms with E-state index in [9.17, 15) is 25.2 Å². The molecule has 1 aliphatic carbocycles. The maximum Gasteiger partial charge on any atom is 0.362 e. The van der Waals surface area contributed by atoms with Crippen molar-refractivity contribution in [3.63, 3.8) is 0 Å². The fraction of sp³-hybridized carbons (Fsp3) is 0.618. The fourth-order valence-electron chi connectivity index (χ4n) is 11.5. The fourth-order valence-corrected chi connectivity index (χ4v) is 11.5. The van der Waals surface area contributed by atoms with E-state index in [1.165, 1.54) is 0 Å². The smallest absolute Gasteiger partial charge is 0.362 e. The van der Waals surface area contributed by atoms with Crippen LogP contribution in [0.2, 0.25) is 0 Å². The summed E-state index contributed by atoms with van der Waals surface area (Å²) in [7, 11) is 0. The molecular weight excluding hydrogens is 945 g/mol. The number of carbonyl (C=O) groups is 2. The topological polar surface area (TPSA) is 134 Å². The number of aromatic hydroxyl groups is 4. The van der Waals surface area contributed by atoms with Crippen LogP contribution < -0.4 is 0 Å². The van der Waals surface area contributed by atoms with Gasteiger partial charge in [-0.25, -0.2) is 19.4 Å². The summed E-state index contributed by atoms with van der Waals surface area (Å²) in [5.41, 5.74) is 4.23. The zero-order valence-electron chi connectivity index (χ0n) is 51.6. The SMILES string of the molecule is CC(C)(C)c1cc(C(CC(=O)OOC(=O)C2(C(c3cc(C(C)(C)C)c(O)c(C(C)(C)C)c3)c3cc(C(C)(C)C)c(O)c(C(C)(C)C)c3)CCCCCC2)c2cc(C(C)(C)C)c(O)c(C(C)(C)C)c2)cc(C(C)(C)C)c1O. The Kier molecular flexibility index (Phi) is 17.1. The van der Waals surface area contributed by atoms with Gasteiger partial charge >= 0.3 is 11.9 Å². The molecule has 0 radical (unpaired) electrons. The first kappa shape index (κ1) is 61.9. The van der Waals surface area contributed by atoms with Gasteiger partial charge in [0.2, 0.25) is 0 Å². The van der Waals surface area contributed by atoms with Crippen molar-refractivity contribution in [2.45, 2.75) is 266 Å². The van der Waals surface area contributed by atoms with Crippen molar-refractivity contribution in [3.8, 4) is 23.0 Å². The predicted molar refractivity (Wildman–Crippen MR) is 313 cm³/mol. The third kappa shape index (κ3) is 13.3. The molecule has 8 nitrogen and oxygen atoms in total. The van der Waals surface area contributed by atoms with Crippen LogP contribution in [0.4, 0.5) is 0 Å². The van der Waals surface area contributed by atoms with E-state index in [1.807, 2.05) is 24.3 Å². The first-order valence-electron chi connectivity index (χ1n) is 28.2. The number of hydrogen-bond acceptors (Lipinski definition) is 8. The number of phenols is 4. The van der Waals surface area contributed by atoms with Crippen LogP contribution >= 0.6 is 0 Å². The minimum absolute atomic E-state index is 0.217. The predicted octanol–water partition coefficient (Wildman–Crippen LogP) is 17.6. The van der Waals surface area contributed by atoms with Crippen LogP contribution in [0, 0.1) is 5.41 Å². The van der Waals surface area contributed by atoms with E-state index in [0.29, 0.717) is 12.8 Å². The average Bonchev–Trinajstić information content (AvgIpc) is 3.49. The van der Waals surface area contributed by atoms with Crippen LogP contribution in [-0.2, 0) is 62.7 Å². The number of hydrogen-bond donors (Lipinski definition) is 4. The molecule has 4 aromatic rings. The van der Waals surface area contributed by atoms with Gasteiger partial charge in [-0.2, -0.15) is 0 Å². The highest BCUT2D eigenvalue weighted by molar-refractivity contribution is 5.81. The second-order valence-corrected chi connectivity index (χ2v) is 30.9. The molecule has 8 heteroatoms. The highest BCUT2D eigenvalue weighted by Gasteiger charge is 2.51. The summed E-state index contributed by atoms with van der Waals surface area (Å²) in [5, 5.41) is 48.1. The minimum atomic E-state index is -1.25. The Hall–Kier alpha value is -4.98. The van der Waals surface area contributed by atoms with Crippen molar-refractivity contribution < 1.29 is 39.8 Å². The van der Waals surface area contributed by atoms with E-state index >= 15 is 4.79 Å². The quantitative estimate of drug-likeness (QED) is 0.0779. The Labute approximate surface area is 459 Å². The maximum absolute atomic E-state index is 15.9. The Morgan fingerprint density at radius 1 is 0.382 bits per heavy atom. The molecule has 1 fully saturated rings. The lowest BCUT2D eigenvalue weighted by Gasteiger charge is -2.40. The number of benzene rings is 4. The zero-order chi connectivity index (χ0) is 58.1. The minimum Gasteiger partial charge on any atom is -0.507 e. The van der Waals surface area contributed by atoms with Gasteiger partial charge in [0.05, 0.1) is 11.8 Å². The lowest BCUT2D eigenvalue weighted by Crippen LogP contribution is -2.40. The van der Waals surface area contributed by atoms with Crippen molar-refractivity contribution >= 4 is 11.9 Å². The van der Waals surface area contributed by atoms with E-state index in [4.69, 9.17) is 9.78 Å². The Morgan fingerprint density at radius 2 is 0.605 bits per heavy atom. The third-order valence-corrected chi connectivity index (χ3v) is 16.0. The van der Waals surface area contributed by atoms with E-state index in [0.717, 1.165) is 92.4 Å². The highest BCUT2D eigenvalue weighted by Crippen LogP contribution is 2.55. The monoisotopic (exact) mass is 1040 g/mol. The second-order valence-electron chi connectivity index (χ2n) is 30.9. The lowest BCUT2D eigenvalue weighted by molar-refractivity contribution is -0.268. The van der Waals surface area contributed by atoms with E-state index in [2.05, 4.69) is 190 Å². The van der Waals surface area contributed by atoms with Crippen molar-refractivity contribution in [2.24, 2.45) is 5.41 Å². The molecule has 0 unspecified atom stereocenters. The summed E-state index contributed by atoms with van der Waals surface area (Å²) >= 11 is 0. The molecule has 0 heterocycles. The van der Waals surface area contributed by atoms with Gasteiger partial charge in [-0.15, -0.1) is 0 Å². The van der Waals surface area contributed by atoms with Crippen LogP contribution in [0.15, 0.2) is 48.5 Å². The molecule has 1 aliphatic rings. The summed E-state index contributed by atoms with van der Waals surface area (Å²) in [5.74, 6) is -1.78. The maximum atomic E-state index is 15.9. The third-order valence-electron chi connectivity index (χ3n) is 16.0. The van der Waals surface area contributed by atoms with Gasteiger partial charge in [-0.05, 0) is 123 Å². The molecule has 4 aromatic carbocycles. The van der Waals surface area contributed by atoms with Gasteiger partial charge in [-0.3, -0.25) is 0 Å². The van der Waals surface area contributed by atoms with Gasteiger partial charge in [0.15, 0.2) is 0 Å². The van der Waals surface area contributed by atoms with Crippen LogP contribution in [0.5, 0.6) is 23.0 Å². The van der Waals surface area contributed by atoms with Crippen molar-refractivity contribution in [1.29, 1.82) is 0 Å². The molecule has 0 bridgehead atoms. The first-order chi connectivity index (χ1) is 34.2. The van der Waals surface area contributed by atoms with E-state index < -0.39 is 72.5 Å². The lowest BCUT2D eigenvalue weighted by atomic mass is 9.62. The Morgan fingerprint density at radius 3 is 0.829 bits per heavy atom. The molecule has 0 aliphatic heterocycles. The molecule has 0 saturated heterocycles. The zero-order valence-corrected chi connectivity index (χ0v) is 51.6. The van der Waals surface area contributed by atoms with Gasteiger partial charge in [0.25, 0.3) is 0 Å². The molecule has 1 saturated carbocycles. The van der Waals surface area contributed by atoms with Gasteiger partial charge in [0.1, 0.15) is 23.0 Å². The molecule has 76 heavy (non-hydrogen) atoms. The summed E-state index contributed by atoms with van der Waals surface area (Å²) in [4.78, 5) is 42.9. The highest BCUT2D eigenvalue weighted by atomic mass is 17.2. The number of rotatable bonds is 8. The van der Waals surface area contributed by atoms with Crippen LogP contribution in [0.25, 0.3) is 0 Å². The Bertz CT molecular complexity index is 2470. The molecule has 0 spiro atoms. The Balaban J connectivity index is 1.80. The average molecular weight is 1050 g/mol. The van der Waals surface area contributed by atoms with Crippen molar-refractivity contribution in [2.75, 3.05) is 0 Å². The van der Waals surface area contributed by atoms with Gasteiger partial charge < -0.3 is 20.4 Å². The van der Waals surface area contributed by atoms with Crippen molar-refractivity contribution in [1.82, 2.24) is 0 Å². The van der Waals surface area contributed by atoms with Crippen LogP contribution in [0.3, 0.4) is 0 Å². The summed E-state index contributed by atoms with van der Waals surface area (Å²) in [6, 6.07) is 16.2. The standard InChI is InChI=1S/C68H100O8/c1-60(2,3)45-31-40(32-46(55(45)70)61(4,5)6)44(41-33-47(62(7,8)9)56(71)48(34-41)63(10,11)12)39-53(69)75-76-59(74)68(29-27-25-26-28-30-68)54(42-35-49(64(13,14)15)57(72)50(36-42)65(16,17)18)43-37-51(66(19,20)21)58(73)52(38-43)67(22,23)24/h31-38,44,54,70-73H,25-30,39H2,1-24H3. The summed E-state index contributed by atoms with van der Waals surface area (Å²) < 4.78 is 0. The molecule has 0 amide bonds. The molecular formula is C68H100O8. The summed E-state index contributed by atoms with van der Waals surface area (Å²) in [6.45, 7) is 49.8. The summed E-state index contributed by atoms with van der Waals surface area (Å²) in [6.07, 6.45) is 3.96. The van der Waals surface area contributed by atoms with Gasteiger partial charge in [-0.1, -0.05) is 240 Å². The molecule has 420 valence electrons. The van der Waals surface area contributed by atoms with Gasteiger partial charge in [0, 0.05) is 11.8 Å². The number of phenolic OH excluding ortho intramolecular Hbond substituents is 4. The van der Waals surface area contributed by atoms with Crippen molar-refractivity contribution in [3.05, 3.63) is 115 Å². The van der Waals surface area contributed by atoms with E-state index in [-0.39, 0.29) is 29.4 Å². The molecule has 0 aromatic heterocycles. The van der Waals surface area contributed by atoms with E-state index in [1.54, 1.807) is 0 Å². The second kappa shape index (κ2) is 21.0. The normalized spacial score (nSPS) is 15.5. The molecule has 0 atom stereocenters. The van der Waals surface area contributed by atoms with Crippen LogP contribution in [0.1, 0.15) is 290 Å².